The fraction of sp³-hybridized carbons (Fsp3) is 0.167. The van der Waals surface area contributed by atoms with E-state index in [1.54, 1.807) is 50.4 Å². The lowest BCUT2D eigenvalue weighted by molar-refractivity contribution is 0.0987. The van der Waals surface area contributed by atoms with Gasteiger partial charge in [0.15, 0.2) is 5.76 Å². The third kappa shape index (κ3) is 4.02. The molecule has 0 saturated carbocycles. The zero-order valence-electron chi connectivity index (χ0n) is 13.8. The van der Waals surface area contributed by atoms with E-state index in [0.717, 1.165) is 0 Å². The summed E-state index contributed by atoms with van der Waals surface area (Å²) in [6, 6.07) is 11.7. The van der Waals surface area contributed by atoms with Crippen molar-refractivity contribution in [3.8, 4) is 11.4 Å². The van der Waals surface area contributed by atoms with Crippen LogP contribution in [-0.2, 0) is 11.3 Å². The van der Waals surface area contributed by atoms with E-state index in [1.807, 2.05) is 0 Å². The highest BCUT2D eigenvalue weighted by atomic mass is 16.5. The lowest BCUT2D eigenvalue weighted by Crippen LogP contribution is -2.11. The van der Waals surface area contributed by atoms with Gasteiger partial charge in [0.05, 0.1) is 0 Å². The molecular formula is C18H17N3O4. The number of amides is 1. The van der Waals surface area contributed by atoms with Crippen LogP contribution >= 0.6 is 0 Å². The first-order chi connectivity index (χ1) is 12.0. The number of hydrogen-bond donors (Lipinski definition) is 2. The number of rotatable bonds is 5. The normalized spacial score (nSPS) is 10.6. The fourth-order valence-electron chi connectivity index (χ4n) is 2.37. The number of methoxy groups -OCH3 is 1. The number of carbonyl (C=O) groups is 1. The Hall–Kier alpha value is -3.19. The van der Waals surface area contributed by atoms with E-state index in [-0.39, 0.29) is 17.2 Å². The van der Waals surface area contributed by atoms with E-state index in [9.17, 15) is 9.59 Å². The Morgan fingerprint density at radius 1 is 1.28 bits per heavy atom. The number of benzene rings is 1. The summed E-state index contributed by atoms with van der Waals surface area (Å²) < 4.78 is 10.4. The van der Waals surface area contributed by atoms with Crippen molar-refractivity contribution in [3.05, 3.63) is 70.0 Å². The maximum Gasteiger partial charge on any atom is 0.291 e. The number of aryl methyl sites for hydroxylation is 1. The van der Waals surface area contributed by atoms with Gasteiger partial charge in [0.2, 0.25) is 0 Å². The average molecular weight is 339 g/mol. The highest BCUT2D eigenvalue weighted by Crippen LogP contribution is 2.20. The Labute approximate surface area is 143 Å². The SMILES string of the molecule is COCc1ccc(C(=O)Nc2cccc(-c3nc(C)cc(=O)[nH]3)c2)o1. The van der Waals surface area contributed by atoms with Crippen LogP contribution in [-0.4, -0.2) is 23.0 Å². The fourth-order valence-corrected chi connectivity index (χ4v) is 2.37. The molecule has 0 unspecified atom stereocenters. The van der Waals surface area contributed by atoms with E-state index in [0.29, 0.717) is 35.1 Å². The molecule has 0 bridgehead atoms. The topological polar surface area (TPSA) is 97.2 Å². The van der Waals surface area contributed by atoms with Gasteiger partial charge in [0.25, 0.3) is 11.5 Å². The second kappa shape index (κ2) is 7.14. The zero-order chi connectivity index (χ0) is 17.8. The van der Waals surface area contributed by atoms with Crippen molar-refractivity contribution < 1.29 is 13.9 Å². The number of hydrogen-bond acceptors (Lipinski definition) is 5. The monoisotopic (exact) mass is 339 g/mol. The minimum absolute atomic E-state index is 0.194. The summed E-state index contributed by atoms with van der Waals surface area (Å²) in [6.07, 6.45) is 0. The average Bonchev–Trinajstić information content (AvgIpc) is 3.03. The second-order valence-electron chi connectivity index (χ2n) is 5.47. The molecule has 0 aliphatic rings. The van der Waals surface area contributed by atoms with Gasteiger partial charge in [-0.1, -0.05) is 12.1 Å². The van der Waals surface area contributed by atoms with Crippen LogP contribution in [0.5, 0.6) is 0 Å². The lowest BCUT2D eigenvalue weighted by Gasteiger charge is -2.06. The molecular weight excluding hydrogens is 322 g/mol. The summed E-state index contributed by atoms with van der Waals surface area (Å²) in [5.41, 5.74) is 1.65. The number of furan rings is 1. The summed E-state index contributed by atoms with van der Waals surface area (Å²) in [6.45, 7) is 2.05. The molecule has 0 spiro atoms. The van der Waals surface area contributed by atoms with Crippen LogP contribution in [0.1, 0.15) is 22.0 Å². The summed E-state index contributed by atoms with van der Waals surface area (Å²) in [5.74, 6) is 0.842. The third-order valence-corrected chi connectivity index (χ3v) is 3.44. The molecule has 0 aliphatic carbocycles. The van der Waals surface area contributed by atoms with Crippen molar-refractivity contribution in [3.63, 3.8) is 0 Å². The van der Waals surface area contributed by atoms with Gasteiger partial charge >= 0.3 is 0 Å². The molecule has 2 heterocycles. The maximum absolute atomic E-state index is 12.3. The van der Waals surface area contributed by atoms with Crippen molar-refractivity contribution in [1.82, 2.24) is 9.97 Å². The van der Waals surface area contributed by atoms with E-state index in [2.05, 4.69) is 15.3 Å². The van der Waals surface area contributed by atoms with Crippen molar-refractivity contribution in [2.24, 2.45) is 0 Å². The predicted octanol–water partition coefficient (Wildman–Crippen LogP) is 2.74. The Bertz CT molecular complexity index is 959. The number of H-pyrrole nitrogens is 1. The molecule has 25 heavy (non-hydrogen) atoms. The zero-order valence-corrected chi connectivity index (χ0v) is 13.8. The molecule has 1 amide bonds. The smallest absolute Gasteiger partial charge is 0.291 e. The van der Waals surface area contributed by atoms with Crippen LogP contribution in [0.2, 0.25) is 0 Å². The van der Waals surface area contributed by atoms with Gasteiger partial charge in [-0.25, -0.2) is 4.98 Å². The first kappa shape index (κ1) is 16.7. The Morgan fingerprint density at radius 2 is 2.12 bits per heavy atom. The second-order valence-corrected chi connectivity index (χ2v) is 5.47. The summed E-state index contributed by atoms with van der Waals surface area (Å²) in [7, 11) is 1.55. The molecule has 1 aromatic carbocycles. The standard InChI is InChI=1S/C18H17N3O4/c1-11-8-16(22)21-17(19-11)12-4-3-5-13(9-12)20-18(23)15-7-6-14(25-15)10-24-2/h3-9H,10H2,1-2H3,(H,20,23)(H,19,21,22). The van der Waals surface area contributed by atoms with Crippen molar-refractivity contribution in [1.29, 1.82) is 0 Å². The van der Waals surface area contributed by atoms with E-state index >= 15 is 0 Å². The first-order valence-electron chi connectivity index (χ1n) is 7.62. The van der Waals surface area contributed by atoms with Crippen LogP contribution in [0.3, 0.4) is 0 Å². The van der Waals surface area contributed by atoms with Gasteiger partial charge in [0, 0.05) is 30.1 Å². The maximum atomic E-state index is 12.3. The summed E-state index contributed by atoms with van der Waals surface area (Å²) >= 11 is 0. The minimum atomic E-state index is -0.370. The first-order valence-corrected chi connectivity index (χ1v) is 7.62. The number of aromatic nitrogens is 2. The van der Waals surface area contributed by atoms with Crippen LogP contribution in [0.15, 0.2) is 51.7 Å². The molecule has 7 nitrogen and oxygen atoms in total. The molecule has 3 aromatic rings. The van der Waals surface area contributed by atoms with Crippen LogP contribution in [0.25, 0.3) is 11.4 Å². The largest absolute Gasteiger partial charge is 0.453 e. The Kier molecular flexibility index (Phi) is 4.76. The van der Waals surface area contributed by atoms with E-state index < -0.39 is 0 Å². The molecule has 3 rings (SSSR count). The quantitative estimate of drug-likeness (QED) is 0.745. The number of ether oxygens (including phenoxy) is 1. The van der Waals surface area contributed by atoms with Crippen molar-refractivity contribution in [2.75, 3.05) is 12.4 Å². The van der Waals surface area contributed by atoms with Gasteiger partial charge in [-0.15, -0.1) is 0 Å². The Balaban J connectivity index is 1.81. The number of nitrogens with zero attached hydrogens (tertiary/aromatic N) is 1. The van der Waals surface area contributed by atoms with Gasteiger partial charge in [-0.05, 0) is 31.2 Å². The van der Waals surface area contributed by atoms with Crippen LogP contribution in [0, 0.1) is 6.92 Å². The van der Waals surface area contributed by atoms with Crippen LogP contribution < -0.4 is 10.9 Å². The van der Waals surface area contributed by atoms with E-state index in [1.165, 1.54) is 6.07 Å². The van der Waals surface area contributed by atoms with E-state index in [4.69, 9.17) is 9.15 Å². The highest BCUT2D eigenvalue weighted by Gasteiger charge is 2.12. The summed E-state index contributed by atoms with van der Waals surface area (Å²) in [4.78, 5) is 30.9. The van der Waals surface area contributed by atoms with Gasteiger partial charge in [-0.3, -0.25) is 9.59 Å². The van der Waals surface area contributed by atoms with Crippen molar-refractivity contribution >= 4 is 11.6 Å². The molecule has 0 aliphatic heterocycles. The third-order valence-electron chi connectivity index (χ3n) is 3.44. The van der Waals surface area contributed by atoms with Gasteiger partial charge < -0.3 is 19.5 Å². The lowest BCUT2D eigenvalue weighted by atomic mass is 10.2. The number of carbonyl (C=O) groups excluding carboxylic acids is 1. The number of aromatic amines is 1. The van der Waals surface area contributed by atoms with Crippen molar-refractivity contribution in [2.45, 2.75) is 13.5 Å². The molecule has 2 N–H and O–H groups in total. The molecule has 0 atom stereocenters. The molecule has 0 fully saturated rings. The van der Waals surface area contributed by atoms with Gasteiger partial charge in [0.1, 0.15) is 18.2 Å². The summed E-state index contributed by atoms with van der Waals surface area (Å²) in [5, 5.41) is 2.76. The molecule has 2 aromatic heterocycles. The minimum Gasteiger partial charge on any atom is -0.453 e. The van der Waals surface area contributed by atoms with Gasteiger partial charge in [-0.2, -0.15) is 0 Å². The molecule has 128 valence electrons. The highest BCUT2D eigenvalue weighted by molar-refractivity contribution is 6.02. The number of nitrogens with one attached hydrogen (secondary N) is 2. The number of anilines is 1. The predicted molar refractivity (Wildman–Crippen MR) is 92.4 cm³/mol. The molecule has 0 radical (unpaired) electrons. The Morgan fingerprint density at radius 3 is 2.88 bits per heavy atom. The van der Waals surface area contributed by atoms with Crippen LogP contribution in [0.4, 0.5) is 5.69 Å². The molecule has 0 saturated heterocycles. The molecule has 7 heteroatoms.